The van der Waals surface area contributed by atoms with E-state index in [1.807, 2.05) is 24.4 Å². The molecule has 1 atom stereocenters. The van der Waals surface area contributed by atoms with Gasteiger partial charge in [-0.2, -0.15) is 13.2 Å². The summed E-state index contributed by atoms with van der Waals surface area (Å²) < 4.78 is 37.5. The van der Waals surface area contributed by atoms with Gasteiger partial charge in [0, 0.05) is 54.8 Å². The molecule has 9 heteroatoms. The maximum atomic E-state index is 12.5. The van der Waals surface area contributed by atoms with Crippen LogP contribution in [0.2, 0.25) is 5.02 Å². The normalized spacial score (nSPS) is 19.0. The van der Waals surface area contributed by atoms with Crippen LogP contribution in [0.15, 0.2) is 29.4 Å². The Morgan fingerprint density at radius 2 is 2.22 bits per heavy atom. The van der Waals surface area contributed by atoms with Gasteiger partial charge in [0.1, 0.15) is 0 Å². The van der Waals surface area contributed by atoms with Gasteiger partial charge in [0.15, 0.2) is 5.96 Å². The molecule has 0 amide bonds. The van der Waals surface area contributed by atoms with Crippen LogP contribution in [0.3, 0.4) is 0 Å². The number of benzene rings is 1. The second kappa shape index (κ2) is 8.39. The van der Waals surface area contributed by atoms with E-state index in [0.29, 0.717) is 37.0 Å². The molecule has 0 spiro atoms. The lowest BCUT2D eigenvalue weighted by Gasteiger charge is -2.19. The van der Waals surface area contributed by atoms with Crippen molar-refractivity contribution in [2.75, 3.05) is 33.2 Å². The largest absolute Gasteiger partial charge is 0.401 e. The standard InChI is InChI=1S/C18H23ClF3N5/c1-23-17(26-14-5-7-27(10-14)11-18(20,21)22)24-6-4-12-9-25-16-3-2-13(19)8-15(12)16/h2-3,8-9,14,25H,4-7,10-11H2,1H3,(H2,23,24,26). The summed E-state index contributed by atoms with van der Waals surface area (Å²) in [6.07, 6.45) is -0.758. The quantitative estimate of drug-likeness (QED) is 0.533. The minimum atomic E-state index is -4.16. The number of alkyl halides is 3. The molecule has 3 N–H and O–H groups in total. The summed E-state index contributed by atoms with van der Waals surface area (Å²) in [5, 5.41) is 8.22. The van der Waals surface area contributed by atoms with Gasteiger partial charge in [-0.1, -0.05) is 11.6 Å². The summed E-state index contributed by atoms with van der Waals surface area (Å²) in [5.74, 6) is 0.603. The first-order valence-corrected chi connectivity index (χ1v) is 9.23. The van der Waals surface area contributed by atoms with Crippen molar-refractivity contribution in [1.82, 2.24) is 20.5 Å². The summed E-state index contributed by atoms with van der Waals surface area (Å²) in [6, 6.07) is 5.69. The molecule has 1 unspecified atom stereocenters. The number of nitrogens with zero attached hydrogens (tertiary/aromatic N) is 2. The predicted molar refractivity (Wildman–Crippen MR) is 102 cm³/mol. The first-order chi connectivity index (χ1) is 12.8. The molecule has 148 valence electrons. The summed E-state index contributed by atoms with van der Waals surface area (Å²) in [6.45, 7) is 0.587. The number of hydrogen-bond donors (Lipinski definition) is 3. The van der Waals surface area contributed by atoms with Gasteiger partial charge >= 0.3 is 6.18 Å². The van der Waals surface area contributed by atoms with Crippen molar-refractivity contribution in [1.29, 1.82) is 0 Å². The molecule has 2 aromatic rings. The molecule has 1 saturated heterocycles. The van der Waals surface area contributed by atoms with E-state index >= 15 is 0 Å². The molecule has 1 fully saturated rings. The van der Waals surface area contributed by atoms with Gasteiger partial charge in [0.05, 0.1) is 6.54 Å². The third-order valence-electron chi connectivity index (χ3n) is 4.66. The van der Waals surface area contributed by atoms with Gasteiger partial charge in [-0.15, -0.1) is 0 Å². The first-order valence-electron chi connectivity index (χ1n) is 8.86. The highest BCUT2D eigenvalue weighted by molar-refractivity contribution is 6.31. The summed E-state index contributed by atoms with van der Waals surface area (Å²) in [5.41, 5.74) is 2.18. The maximum absolute atomic E-state index is 12.5. The third-order valence-corrected chi connectivity index (χ3v) is 4.89. The van der Waals surface area contributed by atoms with Crippen LogP contribution in [0, 0.1) is 0 Å². The second-order valence-corrected chi connectivity index (χ2v) is 7.17. The van der Waals surface area contributed by atoms with Gasteiger partial charge in [0.2, 0.25) is 0 Å². The van der Waals surface area contributed by atoms with Gasteiger partial charge in [0.25, 0.3) is 0 Å². The zero-order chi connectivity index (χ0) is 19.4. The van der Waals surface area contributed by atoms with Crippen LogP contribution >= 0.6 is 11.6 Å². The molecular formula is C18H23ClF3N5. The van der Waals surface area contributed by atoms with Gasteiger partial charge in [-0.3, -0.25) is 9.89 Å². The number of guanidine groups is 1. The van der Waals surface area contributed by atoms with Gasteiger partial charge in [-0.25, -0.2) is 0 Å². The van der Waals surface area contributed by atoms with Crippen molar-refractivity contribution in [3.05, 3.63) is 35.0 Å². The molecule has 1 aliphatic rings. The minimum Gasteiger partial charge on any atom is -0.361 e. The Kier molecular flexibility index (Phi) is 6.16. The molecule has 27 heavy (non-hydrogen) atoms. The van der Waals surface area contributed by atoms with Crippen molar-refractivity contribution in [3.8, 4) is 0 Å². The van der Waals surface area contributed by atoms with Crippen LogP contribution < -0.4 is 10.6 Å². The third kappa shape index (κ3) is 5.52. The second-order valence-electron chi connectivity index (χ2n) is 6.73. The average molecular weight is 402 g/mol. The molecule has 0 saturated carbocycles. The Morgan fingerprint density at radius 1 is 1.41 bits per heavy atom. The highest BCUT2D eigenvalue weighted by Gasteiger charge is 2.34. The summed E-state index contributed by atoms with van der Waals surface area (Å²) in [7, 11) is 1.66. The SMILES string of the molecule is CN=C(NCCc1c[nH]c2ccc(Cl)cc12)NC1CCN(CC(F)(F)F)C1. The van der Waals surface area contributed by atoms with E-state index in [1.165, 1.54) is 4.90 Å². The highest BCUT2D eigenvalue weighted by atomic mass is 35.5. The molecular weight excluding hydrogens is 379 g/mol. The monoisotopic (exact) mass is 401 g/mol. The number of fused-ring (bicyclic) bond motifs is 1. The van der Waals surface area contributed by atoms with E-state index in [0.717, 1.165) is 22.9 Å². The Labute approximate surface area is 161 Å². The number of aromatic amines is 1. The fraction of sp³-hybridized carbons (Fsp3) is 0.500. The topological polar surface area (TPSA) is 55.5 Å². The summed E-state index contributed by atoms with van der Waals surface area (Å²) >= 11 is 6.07. The number of likely N-dealkylation sites (tertiary alicyclic amines) is 1. The van der Waals surface area contributed by atoms with Crippen LogP contribution in [0.1, 0.15) is 12.0 Å². The van der Waals surface area contributed by atoms with Crippen LogP contribution in [0.5, 0.6) is 0 Å². The van der Waals surface area contributed by atoms with Crippen molar-refractivity contribution in [2.45, 2.75) is 25.1 Å². The first kappa shape index (κ1) is 19.8. The van der Waals surface area contributed by atoms with Crippen molar-refractivity contribution in [2.24, 2.45) is 4.99 Å². The lowest BCUT2D eigenvalue weighted by molar-refractivity contribution is -0.143. The van der Waals surface area contributed by atoms with E-state index in [4.69, 9.17) is 11.6 Å². The average Bonchev–Trinajstić information content (AvgIpc) is 3.19. The fourth-order valence-electron chi connectivity index (χ4n) is 3.41. The molecule has 0 radical (unpaired) electrons. The molecule has 1 aliphatic heterocycles. The number of hydrogen-bond acceptors (Lipinski definition) is 2. The van der Waals surface area contributed by atoms with E-state index in [2.05, 4.69) is 20.6 Å². The van der Waals surface area contributed by atoms with E-state index in [9.17, 15) is 13.2 Å². The van der Waals surface area contributed by atoms with Gasteiger partial charge < -0.3 is 15.6 Å². The Morgan fingerprint density at radius 3 is 2.96 bits per heavy atom. The Hall–Kier alpha value is -1.93. The van der Waals surface area contributed by atoms with Crippen LogP contribution in [-0.2, 0) is 6.42 Å². The highest BCUT2D eigenvalue weighted by Crippen LogP contribution is 2.22. The summed E-state index contributed by atoms with van der Waals surface area (Å²) in [4.78, 5) is 8.81. The minimum absolute atomic E-state index is 0.0366. The van der Waals surface area contributed by atoms with E-state index in [1.54, 1.807) is 7.05 Å². The predicted octanol–water partition coefficient (Wildman–Crippen LogP) is 3.17. The molecule has 3 rings (SSSR count). The molecule has 5 nitrogen and oxygen atoms in total. The maximum Gasteiger partial charge on any atom is 0.401 e. The zero-order valence-corrected chi connectivity index (χ0v) is 15.8. The van der Waals surface area contributed by atoms with Crippen molar-refractivity contribution < 1.29 is 13.2 Å². The Bertz CT molecular complexity index is 802. The fourth-order valence-corrected chi connectivity index (χ4v) is 3.58. The lowest BCUT2D eigenvalue weighted by atomic mass is 10.1. The zero-order valence-electron chi connectivity index (χ0n) is 15.0. The van der Waals surface area contributed by atoms with E-state index < -0.39 is 12.7 Å². The molecule has 2 heterocycles. The molecule has 1 aromatic carbocycles. The Balaban J connectivity index is 1.48. The number of H-pyrrole nitrogens is 1. The lowest BCUT2D eigenvalue weighted by Crippen LogP contribution is -2.45. The van der Waals surface area contributed by atoms with Crippen LogP contribution in [0.4, 0.5) is 13.2 Å². The number of aliphatic imine (C=N–C) groups is 1. The number of aromatic nitrogens is 1. The van der Waals surface area contributed by atoms with Crippen LogP contribution in [-0.4, -0.2) is 61.3 Å². The van der Waals surface area contributed by atoms with E-state index in [-0.39, 0.29) is 6.04 Å². The van der Waals surface area contributed by atoms with Crippen LogP contribution in [0.25, 0.3) is 10.9 Å². The number of nitrogens with one attached hydrogen (secondary N) is 3. The molecule has 1 aromatic heterocycles. The van der Waals surface area contributed by atoms with Crippen molar-refractivity contribution in [3.63, 3.8) is 0 Å². The molecule has 0 bridgehead atoms. The smallest absolute Gasteiger partial charge is 0.361 e. The number of halogens is 4. The molecule has 0 aliphatic carbocycles. The van der Waals surface area contributed by atoms with Gasteiger partial charge in [-0.05, 0) is 36.6 Å². The number of rotatable bonds is 5. The van der Waals surface area contributed by atoms with Crippen molar-refractivity contribution >= 4 is 28.5 Å².